The highest BCUT2D eigenvalue weighted by atomic mass is 35.5. The number of aliphatic hydroxyl groups is 1. The number of rotatable bonds is 5. The Morgan fingerprint density at radius 2 is 2.32 bits per heavy atom. The average Bonchev–Trinajstić information content (AvgIpc) is 2.35. The second-order valence-electron chi connectivity index (χ2n) is 4.15. The number of aliphatic hydroxyl groups excluding tert-OH is 1. The highest BCUT2D eigenvalue weighted by Crippen LogP contribution is 2.20. The minimum Gasteiger partial charge on any atom is -0.393 e. The van der Waals surface area contributed by atoms with Crippen LogP contribution in [0.15, 0.2) is 12.3 Å². The Bertz CT molecular complexity index is 493. The molecule has 7 nitrogen and oxygen atoms in total. The molecule has 1 aromatic heterocycles. The summed E-state index contributed by atoms with van der Waals surface area (Å²) in [6, 6.07) is 1.09. The van der Waals surface area contributed by atoms with Crippen molar-refractivity contribution in [2.45, 2.75) is 19.4 Å². The molecule has 0 aliphatic carbocycles. The van der Waals surface area contributed by atoms with Gasteiger partial charge in [0.1, 0.15) is 11.3 Å². The third kappa shape index (κ3) is 4.15. The molecule has 0 saturated carbocycles. The lowest BCUT2D eigenvalue weighted by Crippen LogP contribution is -2.29. The van der Waals surface area contributed by atoms with Gasteiger partial charge in [0.25, 0.3) is 11.6 Å². The van der Waals surface area contributed by atoms with Gasteiger partial charge in [-0.15, -0.1) is 0 Å². The summed E-state index contributed by atoms with van der Waals surface area (Å²) < 4.78 is 0. The predicted octanol–water partition coefficient (Wildman–Crippen LogP) is 1.49. The van der Waals surface area contributed by atoms with Gasteiger partial charge >= 0.3 is 0 Å². The van der Waals surface area contributed by atoms with Crippen molar-refractivity contribution in [2.24, 2.45) is 0 Å². The normalized spacial score (nSPS) is 12.0. The molecule has 0 aliphatic heterocycles. The summed E-state index contributed by atoms with van der Waals surface area (Å²) in [5.74, 6) is -0.471. The first kappa shape index (κ1) is 15.3. The standard InChI is InChI=1S/C11H14ClN3O4/c1-7(16)3-4-14(2)11(17)9-5-8(15(18)19)6-13-10(9)12/h5-7,16H,3-4H2,1-2H3. The maximum Gasteiger partial charge on any atom is 0.288 e. The number of nitro groups is 1. The summed E-state index contributed by atoms with van der Waals surface area (Å²) in [6.07, 6.45) is 0.867. The van der Waals surface area contributed by atoms with Gasteiger partial charge in [-0.2, -0.15) is 0 Å². The second kappa shape index (κ2) is 6.44. The fourth-order valence-electron chi connectivity index (χ4n) is 1.37. The van der Waals surface area contributed by atoms with Crippen LogP contribution in [0.3, 0.4) is 0 Å². The summed E-state index contributed by atoms with van der Waals surface area (Å²) in [5, 5.41) is 19.7. The molecular formula is C11H14ClN3O4. The number of amides is 1. The molecule has 0 spiro atoms. The van der Waals surface area contributed by atoms with Crippen LogP contribution in [-0.4, -0.2) is 45.5 Å². The van der Waals surface area contributed by atoms with Gasteiger partial charge in [0.05, 0.1) is 16.6 Å². The number of halogens is 1. The summed E-state index contributed by atoms with van der Waals surface area (Å²) in [7, 11) is 1.53. The molecule has 8 heteroatoms. The monoisotopic (exact) mass is 287 g/mol. The van der Waals surface area contributed by atoms with E-state index in [0.717, 1.165) is 12.3 Å². The lowest BCUT2D eigenvalue weighted by atomic mass is 10.2. The molecule has 0 radical (unpaired) electrons. The molecule has 0 fully saturated rings. The van der Waals surface area contributed by atoms with E-state index >= 15 is 0 Å². The van der Waals surface area contributed by atoms with Crippen molar-refractivity contribution in [3.63, 3.8) is 0 Å². The molecule has 19 heavy (non-hydrogen) atoms. The Hall–Kier alpha value is -1.73. The summed E-state index contributed by atoms with van der Waals surface area (Å²) in [5.41, 5.74) is -0.319. The molecule has 1 N–H and O–H groups in total. The largest absolute Gasteiger partial charge is 0.393 e. The molecule has 1 aromatic rings. The number of carbonyl (C=O) groups excluding carboxylic acids is 1. The molecule has 0 aliphatic rings. The molecule has 1 atom stereocenters. The van der Waals surface area contributed by atoms with E-state index in [1.807, 2.05) is 0 Å². The number of hydrogen-bond acceptors (Lipinski definition) is 5. The van der Waals surface area contributed by atoms with E-state index in [9.17, 15) is 14.9 Å². The van der Waals surface area contributed by atoms with Crippen molar-refractivity contribution in [3.05, 3.63) is 33.1 Å². The van der Waals surface area contributed by atoms with E-state index in [1.54, 1.807) is 6.92 Å². The smallest absolute Gasteiger partial charge is 0.288 e. The van der Waals surface area contributed by atoms with Gasteiger partial charge in [0.2, 0.25) is 0 Å². The van der Waals surface area contributed by atoms with Crippen LogP contribution in [0.4, 0.5) is 5.69 Å². The zero-order chi connectivity index (χ0) is 14.6. The van der Waals surface area contributed by atoms with Crippen LogP contribution >= 0.6 is 11.6 Å². The number of hydrogen-bond donors (Lipinski definition) is 1. The van der Waals surface area contributed by atoms with Crippen LogP contribution in [0.2, 0.25) is 5.15 Å². The molecular weight excluding hydrogens is 274 g/mol. The molecule has 1 rings (SSSR count). The SMILES string of the molecule is CC(O)CCN(C)C(=O)c1cc([N+](=O)[O-])cnc1Cl. The summed E-state index contributed by atoms with van der Waals surface area (Å²) >= 11 is 5.77. The van der Waals surface area contributed by atoms with Gasteiger partial charge < -0.3 is 10.0 Å². The first-order valence-corrected chi connectivity index (χ1v) is 5.94. The van der Waals surface area contributed by atoms with Crippen molar-refractivity contribution in [1.29, 1.82) is 0 Å². The van der Waals surface area contributed by atoms with Crippen LogP contribution in [0.25, 0.3) is 0 Å². The fourth-order valence-corrected chi connectivity index (χ4v) is 1.56. The van der Waals surface area contributed by atoms with Crippen molar-refractivity contribution in [1.82, 2.24) is 9.88 Å². The van der Waals surface area contributed by atoms with Crippen LogP contribution in [0.1, 0.15) is 23.7 Å². The van der Waals surface area contributed by atoms with E-state index in [-0.39, 0.29) is 16.4 Å². The van der Waals surface area contributed by atoms with Crippen LogP contribution in [-0.2, 0) is 0 Å². The molecule has 104 valence electrons. The van der Waals surface area contributed by atoms with E-state index in [2.05, 4.69) is 4.98 Å². The number of aromatic nitrogens is 1. The van der Waals surface area contributed by atoms with E-state index in [1.165, 1.54) is 11.9 Å². The van der Waals surface area contributed by atoms with Crippen molar-refractivity contribution >= 4 is 23.2 Å². The fraction of sp³-hybridized carbons (Fsp3) is 0.455. The number of pyridine rings is 1. The highest BCUT2D eigenvalue weighted by Gasteiger charge is 2.20. The Morgan fingerprint density at radius 1 is 1.68 bits per heavy atom. The van der Waals surface area contributed by atoms with E-state index in [0.29, 0.717) is 13.0 Å². The zero-order valence-electron chi connectivity index (χ0n) is 10.5. The minimum absolute atomic E-state index is 0.0241. The van der Waals surface area contributed by atoms with Crippen LogP contribution in [0, 0.1) is 10.1 Å². The van der Waals surface area contributed by atoms with Crippen LogP contribution in [0.5, 0.6) is 0 Å². The Kier molecular flexibility index (Phi) is 5.20. The predicted molar refractivity (Wildman–Crippen MR) is 69.2 cm³/mol. The quantitative estimate of drug-likeness (QED) is 0.503. The Labute approximate surface area is 115 Å². The summed E-state index contributed by atoms with van der Waals surface area (Å²) in [4.78, 5) is 27.0. The molecule has 0 bridgehead atoms. The first-order chi connectivity index (χ1) is 8.82. The van der Waals surface area contributed by atoms with Gasteiger partial charge in [0.15, 0.2) is 0 Å². The van der Waals surface area contributed by atoms with Gasteiger partial charge in [0, 0.05) is 19.7 Å². The molecule has 0 saturated heterocycles. The second-order valence-corrected chi connectivity index (χ2v) is 4.51. The third-order valence-electron chi connectivity index (χ3n) is 2.49. The highest BCUT2D eigenvalue weighted by molar-refractivity contribution is 6.32. The zero-order valence-corrected chi connectivity index (χ0v) is 11.3. The van der Waals surface area contributed by atoms with E-state index < -0.39 is 16.9 Å². The third-order valence-corrected chi connectivity index (χ3v) is 2.80. The Balaban J connectivity index is 2.92. The lowest BCUT2D eigenvalue weighted by Gasteiger charge is -2.18. The molecule has 1 unspecified atom stereocenters. The molecule has 0 aromatic carbocycles. The van der Waals surface area contributed by atoms with Crippen molar-refractivity contribution < 1.29 is 14.8 Å². The molecule has 1 heterocycles. The van der Waals surface area contributed by atoms with Crippen LogP contribution < -0.4 is 0 Å². The van der Waals surface area contributed by atoms with Crippen molar-refractivity contribution in [2.75, 3.05) is 13.6 Å². The van der Waals surface area contributed by atoms with Gasteiger partial charge in [-0.05, 0) is 13.3 Å². The lowest BCUT2D eigenvalue weighted by molar-refractivity contribution is -0.385. The number of carbonyl (C=O) groups is 1. The average molecular weight is 288 g/mol. The number of nitrogens with zero attached hydrogens (tertiary/aromatic N) is 3. The van der Waals surface area contributed by atoms with Gasteiger partial charge in [-0.25, -0.2) is 4.98 Å². The topological polar surface area (TPSA) is 96.6 Å². The maximum atomic E-state index is 12.1. The van der Waals surface area contributed by atoms with Gasteiger partial charge in [-0.3, -0.25) is 14.9 Å². The minimum atomic E-state index is -0.643. The van der Waals surface area contributed by atoms with E-state index in [4.69, 9.17) is 16.7 Å². The van der Waals surface area contributed by atoms with Gasteiger partial charge in [-0.1, -0.05) is 11.6 Å². The first-order valence-electron chi connectivity index (χ1n) is 5.56. The maximum absolute atomic E-state index is 12.1. The molecule has 1 amide bonds. The van der Waals surface area contributed by atoms with Crippen molar-refractivity contribution in [3.8, 4) is 0 Å². The summed E-state index contributed by atoms with van der Waals surface area (Å²) in [6.45, 7) is 1.93. The Morgan fingerprint density at radius 3 is 2.84 bits per heavy atom.